The number of rotatable bonds is 24. The van der Waals surface area contributed by atoms with E-state index in [1.54, 1.807) is 31.2 Å². The molecule has 0 aliphatic carbocycles. The van der Waals surface area contributed by atoms with E-state index < -0.39 is 5.97 Å². The summed E-state index contributed by atoms with van der Waals surface area (Å²) in [7, 11) is 0. The minimum atomic E-state index is -0.414. The first kappa shape index (κ1) is 30.7. The average Bonchev–Trinajstić information content (AvgIpc) is 2.87. The van der Waals surface area contributed by atoms with Gasteiger partial charge in [0.2, 0.25) is 0 Å². The van der Waals surface area contributed by atoms with Crippen molar-refractivity contribution in [1.29, 1.82) is 0 Å². The summed E-state index contributed by atoms with van der Waals surface area (Å²) in [5, 5.41) is 0. The molecule has 0 heterocycles. The summed E-state index contributed by atoms with van der Waals surface area (Å²) in [4.78, 5) is 21.7. The number of aldehydes is 1. The van der Waals surface area contributed by atoms with Crippen molar-refractivity contribution in [3.8, 4) is 5.75 Å². The highest BCUT2D eigenvalue weighted by Gasteiger charge is 2.02. The summed E-state index contributed by atoms with van der Waals surface area (Å²) in [6.07, 6.45) is 0.793. The zero-order chi connectivity index (χ0) is 25.4. The van der Waals surface area contributed by atoms with E-state index in [4.69, 9.17) is 37.9 Å². The largest absolute Gasteiger partial charge is 0.491 e. The van der Waals surface area contributed by atoms with Gasteiger partial charge in [-0.1, -0.05) is 6.58 Å². The molecule has 0 fully saturated rings. The lowest BCUT2D eigenvalue weighted by molar-refractivity contribution is -0.140. The molecule has 0 atom stereocenters. The number of esters is 1. The van der Waals surface area contributed by atoms with E-state index in [1.165, 1.54) is 0 Å². The fraction of sp³-hybridized carbons (Fsp3) is 0.600. The van der Waals surface area contributed by atoms with Crippen LogP contribution in [0.5, 0.6) is 5.75 Å². The summed E-state index contributed by atoms with van der Waals surface area (Å²) in [6.45, 7) is 11.2. The second-order valence-corrected chi connectivity index (χ2v) is 7.13. The van der Waals surface area contributed by atoms with Crippen molar-refractivity contribution in [2.45, 2.75) is 6.92 Å². The Hall–Kier alpha value is -2.34. The van der Waals surface area contributed by atoms with Crippen molar-refractivity contribution in [1.82, 2.24) is 0 Å². The lowest BCUT2D eigenvalue weighted by Gasteiger charge is -2.09. The highest BCUT2D eigenvalue weighted by atomic mass is 16.6. The molecule has 1 aromatic carbocycles. The molecule has 0 amide bonds. The van der Waals surface area contributed by atoms with Gasteiger partial charge in [-0.15, -0.1) is 0 Å². The van der Waals surface area contributed by atoms with Crippen molar-refractivity contribution < 1.29 is 47.5 Å². The van der Waals surface area contributed by atoms with Gasteiger partial charge in [-0.25, -0.2) is 4.79 Å². The number of hydrogen-bond acceptors (Lipinski definition) is 10. The fourth-order valence-electron chi connectivity index (χ4n) is 2.38. The third-order valence-corrected chi connectivity index (χ3v) is 4.18. The normalized spacial score (nSPS) is 10.8. The molecule has 0 aromatic heterocycles. The number of carbonyl (C=O) groups excluding carboxylic acids is 2. The molecule has 0 aliphatic rings. The molecule has 10 nitrogen and oxygen atoms in total. The summed E-state index contributed by atoms with van der Waals surface area (Å²) < 4.78 is 42.8. The Bertz CT molecular complexity index is 677. The van der Waals surface area contributed by atoms with Crippen molar-refractivity contribution in [2.75, 3.05) is 92.5 Å². The molecule has 1 rings (SSSR count). The Kier molecular flexibility index (Phi) is 19.4. The van der Waals surface area contributed by atoms with Crippen LogP contribution in [0.4, 0.5) is 0 Å². The van der Waals surface area contributed by atoms with Crippen molar-refractivity contribution in [3.63, 3.8) is 0 Å². The van der Waals surface area contributed by atoms with E-state index in [2.05, 4.69) is 6.58 Å². The van der Waals surface area contributed by atoms with E-state index in [1.807, 2.05) is 0 Å². The molecule has 0 radical (unpaired) electrons. The summed E-state index contributed by atoms with van der Waals surface area (Å²) in [6, 6.07) is 6.91. The third kappa shape index (κ3) is 18.6. The molecule has 0 saturated heterocycles. The second-order valence-electron chi connectivity index (χ2n) is 7.13. The SMILES string of the molecule is C=C(C)C(=O)OCCOCCOCCOCCOCCOCCOCCOc1ccc(C=O)cc1. The van der Waals surface area contributed by atoms with Gasteiger partial charge in [-0.3, -0.25) is 4.79 Å². The number of benzene rings is 1. The minimum Gasteiger partial charge on any atom is -0.491 e. The maximum Gasteiger partial charge on any atom is 0.333 e. The first-order chi connectivity index (χ1) is 17.1. The first-order valence-corrected chi connectivity index (χ1v) is 11.6. The highest BCUT2D eigenvalue weighted by molar-refractivity contribution is 5.86. The molecule has 1 aromatic rings. The maximum atomic E-state index is 11.1. The molecular weight excluding hydrogens is 460 g/mol. The number of ether oxygens (including phenoxy) is 8. The quantitative estimate of drug-likeness (QED) is 0.0910. The van der Waals surface area contributed by atoms with Crippen LogP contribution < -0.4 is 4.74 Å². The summed E-state index contributed by atoms with van der Waals surface area (Å²) >= 11 is 0. The van der Waals surface area contributed by atoms with E-state index in [0.29, 0.717) is 103 Å². The summed E-state index contributed by atoms with van der Waals surface area (Å²) in [5.74, 6) is 0.286. The molecule has 0 spiro atoms. The average molecular weight is 499 g/mol. The van der Waals surface area contributed by atoms with Crippen LogP contribution in [0, 0.1) is 0 Å². The first-order valence-electron chi connectivity index (χ1n) is 11.6. The van der Waals surface area contributed by atoms with Crippen molar-refractivity contribution in [3.05, 3.63) is 42.0 Å². The van der Waals surface area contributed by atoms with Crippen LogP contribution in [0.25, 0.3) is 0 Å². The lowest BCUT2D eigenvalue weighted by Crippen LogP contribution is -2.15. The number of carbonyl (C=O) groups is 2. The Morgan fingerprint density at radius 3 is 1.40 bits per heavy atom. The van der Waals surface area contributed by atoms with Crippen LogP contribution in [0.3, 0.4) is 0 Å². The topological polar surface area (TPSA) is 108 Å². The predicted molar refractivity (Wildman–Crippen MR) is 128 cm³/mol. The lowest BCUT2D eigenvalue weighted by atomic mass is 10.2. The maximum absolute atomic E-state index is 11.1. The van der Waals surface area contributed by atoms with Crippen molar-refractivity contribution >= 4 is 12.3 Å². The van der Waals surface area contributed by atoms with Crippen LogP contribution in [0.15, 0.2) is 36.4 Å². The molecule has 0 bridgehead atoms. The zero-order valence-corrected chi connectivity index (χ0v) is 20.6. The second kappa shape index (κ2) is 22.1. The van der Waals surface area contributed by atoms with Crippen LogP contribution >= 0.6 is 0 Å². The molecular formula is C25H38O10. The molecule has 0 aliphatic heterocycles. The molecule has 35 heavy (non-hydrogen) atoms. The van der Waals surface area contributed by atoms with E-state index in [-0.39, 0.29) is 6.61 Å². The van der Waals surface area contributed by atoms with Crippen LogP contribution in [-0.4, -0.2) is 105 Å². The van der Waals surface area contributed by atoms with Gasteiger partial charge in [0.05, 0.1) is 79.3 Å². The standard InChI is InChI=1S/C25H38O10/c1-22(2)25(27)35-20-18-33-16-14-31-12-10-29-8-7-28-9-11-30-13-15-32-17-19-34-24-5-3-23(21-26)4-6-24/h3-6,21H,1,7-20H2,2H3. The number of hydrogen-bond donors (Lipinski definition) is 0. The molecule has 0 saturated carbocycles. The Morgan fingerprint density at radius 2 is 1.03 bits per heavy atom. The van der Waals surface area contributed by atoms with Crippen LogP contribution in [0.1, 0.15) is 17.3 Å². The van der Waals surface area contributed by atoms with E-state index in [9.17, 15) is 9.59 Å². The van der Waals surface area contributed by atoms with Crippen LogP contribution in [-0.2, 0) is 38.0 Å². The summed E-state index contributed by atoms with van der Waals surface area (Å²) in [5.41, 5.74) is 0.984. The Morgan fingerprint density at radius 1 is 0.657 bits per heavy atom. The van der Waals surface area contributed by atoms with Gasteiger partial charge in [0.25, 0.3) is 0 Å². The highest BCUT2D eigenvalue weighted by Crippen LogP contribution is 2.10. The van der Waals surface area contributed by atoms with Gasteiger partial charge >= 0.3 is 5.97 Å². The van der Waals surface area contributed by atoms with Gasteiger partial charge in [0.1, 0.15) is 25.2 Å². The van der Waals surface area contributed by atoms with Crippen molar-refractivity contribution in [2.24, 2.45) is 0 Å². The molecule has 0 unspecified atom stereocenters. The molecule has 10 heteroatoms. The minimum absolute atomic E-state index is 0.199. The predicted octanol–water partition coefficient (Wildman–Crippen LogP) is 2.10. The Labute approximate surface area is 207 Å². The fourth-order valence-corrected chi connectivity index (χ4v) is 2.38. The van der Waals surface area contributed by atoms with E-state index >= 15 is 0 Å². The van der Waals surface area contributed by atoms with Gasteiger partial charge in [-0.05, 0) is 31.2 Å². The third-order valence-electron chi connectivity index (χ3n) is 4.18. The van der Waals surface area contributed by atoms with Crippen LogP contribution in [0.2, 0.25) is 0 Å². The zero-order valence-electron chi connectivity index (χ0n) is 20.6. The van der Waals surface area contributed by atoms with Gasteiger partial charge in [0, 0.05) is 11.1 Å². The van der Waals surface area contributed by atoms with Gasteiger partial charge in [-0.2, -0.15) is 0 Å². The monoisotopic (exact) mass is 498 g/mol. The van der Waals surface area contributed by atoms with Gasteiger partial charge < -0.3 is 37.9 Å². The molecule has 198 valence electrons. The smallest absolute Gasteiger partial charge is 0.333 e. The Balaban J connectivity index is 1.71. The molecule has 0 N–H and O–H groups in total. The van der Waals surface area contributed by atoms with Gasteiger partial charge in [0.15, 0.2) is 0 Å². The van der Waals surface area contributed by atoms with E-state index in [0.717, 1.165) is 6.29 Å².